The maximum atomic E-state index is 12.5. The minimum atomic E-state index is 0.289. The molecule has 1 amide bonds. The summed E-state index contributed by atoms with van der Waals surface area (Å²) in [4.78, 5) is 14.5. The van der Waals surface area contributed by atoms with Crippen LogP contribution in [0, 0.1) is 12.8 Å². The molecule has 0 radical (unpaired) electrons. The lowest BCUT2D eigenvalue weighted by Crippen LogP contribution is -2.37. The quantitative estimate of drug-likeness (QED) is 0.237. The van der Waals surface area contributed by atoms with Crippen molar-refractivity contribution in [3.05, 3.63) is 58.1 Å². The van der Waals surface area contributed by atoms with E-state index in [-0.39, 0.29) is 5.91 Å². The lowest BCUT2D eigenvalue weighted by Gasteiger charge is -2.30. The molecule has 0 spiro atoms. The predicted octanol–water partition coefficient (Wildman–Crippen LogP) is 7.07. The van der Waals surface area contributed by atoms with E-state index in [1.165, 1.54) is 5.56 Å². The van der Waals surface area contributed by atoms with Crippen molar-refractivity contribution in [3.8, 4) is 17.1 Å². The largest absolute Gasteiger partial charge is 0.343 e. The molecule has 34 heavy (non-hydrogen) atoms. The number of hydrogen-bond donors (Lipinski definition) is 0. The van der Waals surface area contributed by atoms with Crippen LogP contribution in [0.5, 0.6) is 0 Å². The lowest BCUT2D eigenvalue weighted by atomic mass is 9.99. The summed E-state index contributed by atoms with van der Waals surface area (Å²) in [5.74, 6) is 2.64. The van der Waals surface area contributed by atoms with Crippen molar-refractivity contribution in [2.45, 2.75) is 51.1 Å². The van der Waals surface area contributed by atoms with Crippen LogP contribution in [0.15, 0.2) is 47.6 Å². The van der Waals surface area contributed by atoms with E-state index in [9.17, 15) is 4.79 Å². The highest BCUT2D eigenvalue weighted by atomic mass is 35.5. The summed E-state index contributed by atoms with van der Waals surface area (Å²) in [6.07, 6.45) is 4.67. The van der Waals surface area contributed by atoms with Crippen molar-refractivity contribution in [3.63, 3.8) is 0 Å². The van der Waals surface area contributed by atoms with Gasteiger partial charge in [-0.15, -0.1) is 10.2 Å². The molecule has 0 N–H and O–H groups in total. The summed E-state index contributed by atoms with van der Waals surface area (Å²) in [6.45, 7) is 6.14. The van der Waals surface area contributed by atoms with Crippen molar-refractivity contribution in [2.75, 3.05) is 18.8 Å². The smallest absolute Gasteiger partial charge is 0.222 e. The van der Waals surface area contributed by atoms with E-state index in [1.807, 2.05) is 21.6 Å². The lowest BCUT2D eigenvalue weighted by molar-refractivity contribution is -0.132. The Bertz CT molecular complexity index is 1120. The molecule has 1 aliphatic rings. The number of piperidine rings is 1. The third-order valence-corrected chi connectivity index (χ3v) is 8.01. The number of hydrogen-bond acceptors (Lipinski definition) is 4. The number of benzene rings is 2. The Morgan fingerprint density at radius 3 is 2.47 bits per heavy atom. The van der Waals surface area contributed by atoms with Crippen LogP contribution in [-0.4, -0.2) is 44.4 Å². The average molecular weight is 518 g/mol. The number of unbranched alkanes of at least 4 members (excludes halogenated alkanes) is 1. The first-order chi connectivity index (χ1) is 16.4. The van der Waals surface area contributed by atoms with Crippen molar-refractivity contribution in [2.24, 2.45) is 5.92 Å². The van der Waals surface area contributed by atoms with Gasteiger partial charge in [0.1, 0.15) is 0 Å². The summed E-state index contributed by atoms with van der Waals surface area (Å²) in [6, 6.07) is 13.8. The number of likely N-dealkylation sites (tertiary alicyclic amines) is 1. The standard InChI is InChI=1S/C26H30Cl2N4OS/c1-18-6-8-20(9-7-18)25-29-30-26(32(25)21-10-11-22(27)23(28)17-21)34-16-4-3-5-24(33)31-14-12-19(2)13-15-31/h6-11,17,19H,3-5,12-16H2,1-2H3. The van der Waals surface area contributed by atoms with Crippen molar-refractivity contribution >= 4 is 40.9 Å². The van der Waals surface area contributed by atoms with Gasteiger partial charge in [0.15, 0.2) is 11.0 Å². The number of carbonyl (C=O) groups is 1. The second kappa shape index (κ2) is 11.6. The molecule has 5 nitrogen and oxygen atoms in total. The Labute approximate surface area is 215 Å². The van der Waals surface area contributed by atoms with Crippen molar-refractivity contribution in [1.29, 1.82) is 0 Å². The zero-order valence-electron chi connectivity index (χ0n) is 19.6. The van der Waals surface area contributed by atoms with E-state index >= 15 is 0 Å². The second-order valence-electron chi connectivity index (χ2n) is 8.97. The van der Waals surface area contributed by atoms with Gasteiger partial charge < -0.3 is 4.90 Å². The van der Waals surface area contributed by atoms with E-state index < -0.39 is 0 Å². The first-order valence-corrected chi connectivity index (χ1v) is 13.5. The zero-order valence-corrected chi connectivity index (χ0v) is 22.0. The number of aryl methyl sites for hydroxylation is 1. The van der Waals surface area contributed by atoms with Crippen molar-refractivity contribution in [1.82, 2.24) is 19.7 Å². The highest BCUT2D eigenvalue weighted by Crippen LogP contribution is 2.32. The molecule has 2 aromatic carbocycles. The first kappa shape index (κ1) is 25.1. The number of halogens is 2. The monoisotopic (exact) mass is 516 g/mol. The van der Waals surface area contributed by atoms with Crippen LogP contribution in [0.3, 0.4) is 0 Å². The molecular formula is C26H30Cl2N4OS. The molecule has 1 aromatic heterocycles. The Kier molecular flexibility index (Phi) is 8.56. The number of carbonyl (C=O) groups excluding carboxylic acids is 1. The van der Waals surface area contributed by atoms with Gasteiger partial charge in [-0.1, -0.05) is 71.7 Å². The van der Waals surface area contributed by atoms with Crippen LogP contribution in [0.25, 0.3) is 17.1 Å². The molecule has 0 unspecified atom stereocenters. The van der Waals surface area contributed by atoms with E-state index in [0.717, 1.165) is 72.7 Å². The molecule has 0 atom stereocenters. The van der Waals surface area contributed by atoms with E-state index in [4.69, 9.17) is 23.2 Å². The maximum absolute atomic E-state index is 12.5. The van der Waals surface area contributed by atoms with Gasteiger partial charge in [-0.25, -0.2) is 0 Å². The Balaban J connectivity index is 1.42. The normalized spacial score (nSPS) is 14.5. The Hall–Kier alpha value is -2.02. The summed E-state index contributed by atoms with van der Waals surface area (Å²) in [7, 11) is 0. The molecule has 0 aliphatic carbocycles. The van der Waals surface area contributed by atoms with Crippen LogP contribution < -0.4 is 0 Å². The van der Waals surface area contributed by atoms with Gasteiger partial charge in [0, 0.05) is 30.8 Å². The van der Waals surface area contributed by atoms with Gasteiger partial charge in [0.05, 0.1) is 15.7 Å². The van der Waals surface area contributed by atoms with Gasteiger partial charge in [0.25, 0.3) is 0 Å². The summed E-state index contributed by atoms with van der Waals surface area (Å²) in [5.41, 5.74) is 3.04. The number of thioether (sulfide) groups is 1. The number of nitrogens with zero attached hydrogens (tertiary/aromatic N) is 4. The number of rotatable bonds is 8. The van der Waals surface area contributed by atoms with E-state index in [0.29, 0.717) is 16.5 Å². The highest BCUT2D eigenvalue weighted by Gasteiger charge is 2.20. The minimum Gasteiger partial charge on any atom is -0.343 e. The molecule has 4 rings (SSSR count). The fourth-order valence-electron chi connectivity index (χ4n) is 4.07. The van der Waals surface area contributed by atoms with Gasteiger partial charge in [-0.3, -0.25) is 9.36 Å². The summed E-state index contributed by atoms with van der Waals surface area (Å²) in [5, 5.41) is 10.8. The average Bonchev–Trinajstić information content (AvgIpc) is 3.25. The zero-order chi connectivity index (χ0) is 24.1. The molecule has 2 heterocycles. The topological polar surface area (TPSA) is 51.0 Å². The van der Waals surface area contributed by atoms with Crippen LogP contribution in [0.1, 0.15) is 44.6 Å². The first-order valence-electron chi connectivity index (χ1n) is 11.8. The summed E-state index contributed by atoms with van der Waals surface area (Å²) < 4.78 is 2.03. The Morgan fingerprint density at radius 2 is 1.76 bits per heavy atom. The van der Waals surface area contributed by atoms with Gasteiger partial charge in [-0.2, -0.15) is 0 Å². The SMILES string of the molecule is Cc1ccc(-c2nnc(SCCCCC(=O)N3CCC(C)CC3)n2-c2ccc(Cl)c(Cl)c2)cc1. The van der Waals surface area contributed by atoms with Crippen LogP contribution >= 0.6 is 35.0 Å². The molecular weight excluding hydrogens is 487 g/mol. The van der Waals surface area contributed by atoms with Gasteiger partial charge >= 0.3 is 0 Å². The fourth-order valence-corrected chi connectivity index (χ4v) is 5.31. The molecule has 8 heteroatoms. The molecule has 0 bridgehead atoms. The van der Waals surface area contributed by atoms with Crippen LogP contribution in [0.2, 0.25) is 10.0 Å². The van der Waals surface area contributed by atoms with Crippen LogP contribution in [-0.2, 0) is 4.79 Å². The molecule has 0 saturated carbocycles. The van der Waals surface area contributed by atoms with Crippen LogP contribution in [0.4, 0.5) is 0 Å². The molecule has 1 aliphatic heterocycles. The van der Waals surface area contributed by atoms with Gasteiger partial charge in [-0.05, 0) is 56.7 Å². The molecule has 1 fully saturated rings. The van der Waals surface area contributed by atoms with E-state index in [2.05, 4.69) is 48.3 Å². The molecule has 180 valence electrons. The maximum Gasteiger partial charge on any atom is 0.222 e. The predicted molar refractivity (Wildman–Crippen MR) is 141 cm³/mol. The third-order valence-electron chi connectivity index (χ3n) is 6.26. The Morgan fingerprint density at radius 1 is 1.03 bits per heavy atom. The molecule has 1 saturated heterocycles. The summed E-state index contributed by atoms with van der Waals surface area (Å²) >= 11 is 14.1. The van der Waals surface area contributed by atoms with E-state index in [1.54, 1.807) is 17.8 Å². The van der Waals surface area contributed by atoms with Gasteiger partial charge in [0.2, 0.25) is 5.91 Å². The second-order valence-corrected chi connectivity index (χ2v) is 10.9. The number of amides is 1. The fraction of sp³-hybridized carbons (Fsp3) is 0.423. The van der Waals surface area contributed by atoms with Crippen molar-refractivity contribution < 1.29 is 4.79 Å². The molecule has 3 aromatic rings. The minimum absolute atomic E-state index is 0.289. The third kappa shape index (κ3) is 6.15. The highest BCUT2D eigenvalue weighted by molar-refractivity contribution is 7.99. The number of aromatic nitrogens is 3.